The zero-order valence-corrected chi connectivity index (χ0v) is 27.4. The Kier molecular flexibility index (Phi) is 8.45. The largest absolute Gasteiger partial charge is 0.417 e. The molecule has 3 aliphatic rings. The second kappa shape index (κ2) is 11.9. The van der Waals surface area contributed by atoms with Gasteiger partial charge in [0, 0.05) is 71.9 Å². The molecule has 1 aromatic heterocycles. The van der Waals surface area contributed by atoms with Crippen LogP contribution in [0.15, 0.2) is 40.5 Å². The van der Waals surface area contributed by atoms with Crippen LogP contribution in [0.5, 0.6) is 0 Å². The third-order valence-corrected chi connectivity index (χ3v) is 10.6. The molecule has 2 aromatic carbocycles. The Morgan fingerprint density at radius 2 is 1.85 bits per heavy atom. The average molecular weight is 679 g/mol. The highest BCUT2D eigenvalue weighted by Crippen LogP contribution is 2.55. The summed E-state index contributed by atoms with van der Waals surface area (Å²) in [4.78, 5) is 34.0. The molecule has 8 nitrogen and oxygen atoms in total. The van der Waals surface area contributed by atoms with E-state index in [9.17, 15) is 9.59 Å². The van der Waals surface area contributed by atoms with Gasteiger partial charge >= 0.3 is 11.9 Å². The van der Waals surface area contributed by atoms with E-state index in [1.165, 1.54) is 17.8 Å². The molecule has 2 fully saturated rings. The lowest BCUT2D eigenvalue weighted by Crippen LogP contribution is -2.58. The molecule has 47 heavy (non-hydrogen) atoms. The quantitative estimate of drug-likeness (QED) is 0.227. The van der Waals surface area contributed by atoms with Crippen LogP contribution in [0.1, 0.15) is 44.9 Å². The molecule has 0 bridgehead atoms. The summed E-state index contributed by atoms with van der Waals surface area (Å²) in [6, 6.07) is 1.81. The van der Waals surface area contributed by atoms with Gasteiger partial charge in [0.05, 0.1) is 35.1 Å². The number of rotatable bonds is 6. The van der Waals surface area contributed by atoms with E-state index in [0.29, 0.717) is 6.07 Å². The van der Waals surface area contributed by atoms with Crippen LogP contribution in [0.25, 0.3) is 22.0 Å². The molecule has 0 N–H and O–H groups in total. The predicted octanol–water partition coefficient (Wildman–Crippen LogP) is 6.19. The first kappa shape index (κ1) is 33.4. The van der Waals surface area contributed by atoms with Crippen LogP contribution >= 0.6 is 11.8 Å². The first-order valence-electron chi connectivity index (χ1n) is 15.3. The van der Waals surface area contributed by atoms with E-state index < -0.39 is 57.1 Å². The molecule has 3 aromatic rings. The van der Waals surface area contributed by atoms with E-state index in [1.54, 1.807) is 37.5 Å². The number of hydrogen-bond acceptors (Lipinski definition) is 7. The zero-order valence-electron chi connectivity index (χ0n) is 26.6. The second-order valence-electron chi connectivity index (χ2n) is 12.9. The van der Waals surface area contributed by atoms with E-state index in [2.05, 4.69) is 11.6 Å². The van der Waals surface area contributed by atoms with Gasteiger partial charge in [0.2, 0.25) is 5.91 Å². The van der Waals surface area contributed by atoms with Gasteiger partial charge in [0.15, 0.2) is 0 Å². The van der Waals surface area contributed by atoms with E-state index in [4.69, 9.17) is 9.47 Å². The number of halogens is 5. The fourth-order valence-electron chi connectivity index (χ4n) is 6.95. The Hall–Kier alpha value is -3.49. The Balaban J connectivity index is 1.67. The van der Waals surface area contributed by atoms with Crippen LogP contribution in [0, 0.1) is 17.6 Å². The van der Waals surface area contributed by atoms with Gasteiger partial charge in [-0.05, 0) is 38.0 Å². The summed E-state index contributed by atoms with van der Waals surface area (Å²) in [6.45, 7) is 11.5. The Morgan fingerprint density at radius 1 is 1.15 bits per heavy atom. The molecule has 252 valence electrons. The number of hydrogen-bond donors (Lipinski definition) is 0. The van der Waals surface area contributed by atoms with Gasteiger partial charge in [-0.25, -0.2) is 13.6 Å². The number of ether oxygens (including phenoxy) is 2. The van der Waals surface area contributed by atoms with Gasteiger partial charge in [-0.2, -0.15) is 18.2 Å². The topological polar surface area (TPSA) is 76.9 Å². The van der Waals surface area contributed by atoms with Crippen molar-refractivity contribution in [2.45, 2.75) is 68.2 Å². The number of anilines is 1. The number of amides is 1. The van der Waals surface area contributed by atoms with Crippen LogP contribution in [0.4, 0.5) is 27.8 Å². The number of alkyl halides is 3. The molecular formula is C33H35F5N4O4S. The van der Waals surface area contributed by atoms with Crippen molar-refractivity contribution in [3.05, 3.63) is 64.1 Å². The summed E-state index contributed by atoms with van der Waals surface area (Å²) >= 11 is 1.12. The lowest BCUT2D eigenvalue weighted by Gasteiger charge is -2.46. The van der Waals surface area contributed by atoms with E-state index >= 15 is 22.0 Å². The maximum absolute atomic E-state index is 15.8. The van der Waals surface area contributed by atoms with Crippen LogP contribution in [0.3, 0.4) is 0 Å². The van der Waals surface area contributed by atoms with Gasteiger partial charge in [0.1, 0.15) is 17.5 Å². The van der Waals surface area contributed by atoms with Crippen molar-refractivity contribution in [1.29, 1.82) is 0 Å². The van der Waals surface area contributed by atoms with Gasteiger partial charge < -0.3 is 19.3 Å². The van der Waals surface area contributed by atoms with Gasteiger partial charge in [-0.3, -0.25) is 9.36 Å². The van der Waals surface area contributed by atoms with E-state index in [0.717, 1.165) is 23.9 Å². The summed E-state index contributed by atoms with van der Waals surface area (Å²) in [6.07, 6.45) is -4.63. The molecule has 1 amide bonds. The van der Waals surface area contributed by atoms with Crippen LogP contribution in [-0.4, -0.2) is 70.6 Å². The third kappa shape index (κ3) is 5.51. The Bertz CT molecular complexity index is 1840. The zero-order chi connectivity index (χ0) is 34.2. The van der Waals surface area contributed by atoms with Crippen molar-refractivity contribution in [1.82, 2.24) is 14.5 Å². The number of benzene rings is 2. The highest BCUT2D eigenvalue weighted by atomic mass is 32.2. The monoisotopic (exact) mass is 678 g/mol. The highest BCUT2D eigenvalue weighted by Gasteiger charge is 2.48. The molecule has 3 aliphatic heterocycles. The van der Waals surface area contributed by atoms with Crippen LogP contribution < -0.4 is 10.6 Å². The number of methoxy groups -OCH3 is 1. The van der Waals surface area contributed by atoms with Crippen molar-refractivity contribution in [3.63, 3.8) is 0 Å². The molecule has 14 heteroatoms. The second-order valence-corrected chi connectivity index (χ2v) is 14.4. The highest BCUT2D eigenvalue weighted by molar-refractivity contribution is 8.01. The van der Waals surface area contributed by atoms with Crippen molar-refractivity contribution < 1.29 is 36.2 Å². The summed E-state index contributed by atoms with van der Waals surface area (Å²) < 4.78 is 88.2. The van der Waals surface area contributed by atoms with Crippen molar-refractivity contribution in [3.8, 4) is 11.1 Å². The molecule has 6 rings (SSSR count). The predicted molar refractivity (Wildman–Crippen MR) is 169 cm³/mol. The minimum atomic E-state index is -4.98. The summed E-state index contributed by atoms with van der Waals surface area (Å²) in [7, 11) is 1.35. The molecular weight excluding hydrogens is 643 g/mol. The molecule has 0 aliphatic carbocycles. The molecule has 1 spiro atoms. The number of piperazine rings is 1. The fraction of sp³-hybridized carbons (Fsp3) is 0.485. The van der Waals surface area contributed by atoms with Crippen LogP contribution in [0.2, 0.25) is 0 Å². The molecule has 4 heterocycles. The lowest BCUT2D eigenvalue weighted by molar-refractivity contribution is -0.137. The van der Waals surface area contributed by atoms with E-state index in [1.807, 2.05) is 0 Å². The smallest absolute Gasteiger partial charge is 0.378 e. The SMILES string of the molecule is C=CC(=O)N1CC(C)N(c2nc(=O)n3c4c(c(-c5cc(C(OC)C(C)C)c(F)cc5F)c(C(F)(F)F)cc24)SC2(COC2)C3)C[C@H]1C. The number of carbonyl (C=O) groups excluding carboxylic acids is 1. The minimum absolute atomic E-state index is 0.0428. The maximum Gasteiger partial charge on any atom is 0.417 e. The minimum Gasteiger partial charge on any atom is -0.378 e. The fourth-order valence-corrected chi connectivity index (χ4v) is 8.50. The first-order valence-corrected chi connectivity index (χ1v) is 16.1. The number of nitrogens with zero attached hydrogens (tertiary/aromatic N) is 4. The summed E-state index contributed by atoms with van der Waals surface area (Å²) in [5.41, 5.74) is -2.64. The Morgan fingerprint density at radius 3 is 2.43 bits per heavy atom. The van der Waals surface area contributed by atoms with Crippen LogP contribution in [-0.2, 0) is 27.0 Å². The molecule has 0 radical (unpaired) electrons. The lowest BCUT2D eigenvalue weighted by atomic mass is 9.91. The molecule has 2 unspecified atom stereocenters. The Labute approximate surface area is 272 Å². The van der Waals surface area contributed by atoms with Crippen molar-refractivity contribution in [2.75, 3.05) is 38.3 Å². The first-order chi connectivity index (χ1) is 22.1. The standard InChI is InChI=1S/C33H35F5N4O4S/c1-7-25(43)40-11-18(5)41(12-17(40)4)30-21-9-22(33(36,37)38)26(19-8-20(24(35)10-23(19)34)28(45-6)16(2)3)29-27(21)42(31(44)39-30)13-32(47-29)14-46-15-32/h7-10,16-18,28H,1,11-15H2,2-6H3/t17-,18?,28?/m1/s1. The molecule has 3 atom stereocenters. The normalized spacial score (nSPS) is 21.3. The molecule has 2 saturated heterocycles. The average Bonchev–Trinajstić information content (AvgIpc) is 2.99. The summed E-state index contributed by atoms with van der Waals surface area (Å²) in [5, 5.41) is 0.0699. The third-order valence-electron chi connectivity index (χ3n) is 9.24. The van der Waals surface area contributed by atoms with Crippen molar-refractivity contribution in [2.24, 2.45) is 5.92 Å². The van der Waals surface area contributed by atoms with E-state index in [-0.39, 0.29) is 77.9 Å². The number of carbonyl (C=O) groups is 1. The van der Waals surface area contributed by atoms with Crippen molar-refractivity contribution >= 4 is 34.4 Å². The summed E-state index contributed by atoms with van der Waals surface area (Å²) in [5.74, 6) is -2.63. The maximum atomic E-state index is 15.8. The number of aromatic nitrogens is 2. The van der Waals surface area contributed by atoms with Gasteiger partial charge in [-0.1, -0.05) is 20.4 Å². The van der Waals surface area contributed by atoms with Gasteiger partial charge in [0.25, 0.3) is 0 Å². The molecule has 0 saturated carbocycles. The number of thioether (sulfide) groups is 1. The van der Waals surface area contributed by atoms with Gasteiger partial charge in [-0.15, -0.1) is 11.8 Å².